The summed E-state index contributed by atoms with van der Waals surface area (Å²) in [5.74, 6) is -2.15. The van der Waals surface area contributed by atoms with E-state index in [2.05, 4.69) is 14.1 Å². The summed E-state index contributed by atoms with van der Waals surface area (Å²) in [6.07, 6.45) is 1.74. The molecule has 16 heteroatoms. The maximum absolute atomic E-state index is 11.2. The van der Waals surface area contributed by atoms with E-state index >= 15 is 0 Å². The number of aromatic hydroxyl groups is 3. The topological polar surface area (TPSA) is 232 Å². The standard InChI is InChI=1S/C20H23NO4.C6H3N3O8/c1-21(2)8-7-12-10-15(25-4)20(23)18-16(12)13(21)9-11-5-6-14(24-3)19(22)17(11)18;10-5-2(7(12)13)1-3(8(14)15)6(11)4(5)9(16)17/h5-6,10,13H,7-9H2,1-4H3,(H-,22,23);1,10-11H/t13-;/m0./s1. The Morgan fingerprint density at radius 2 is 1.40 bits per heavy atom. The van der Waals surface area contributed by atoms with E-state index in [4.69, 9.17) is 14.6 Å². The van der Waals surface area contributed by atoms with Gasteiger partial charge in [-0.3, -0.25) is 30.3 Å². The van der Waals surface area contributed by atoms with Gasteiger partial charge in [-0.15, -0.1) is 0 Å². The number of methoxy groups -OCH3 is 2. The number of nitro groups is 3. The molecule has 0 amide bonds. The number of hydrogen-bond acceptors (Lipinski definition) is 12. The average Bonchev–Trinajstić information content (AvgIpc) is 2.91. The normalized spacial score (nSPS) is 15.8. The Kier molecular flexibility index (Phi) is 7.43. The largest absolute Gasteiger partial charge is 0.863 e. The van der Waals surface area contributed by atoms with Gasteiger partial charge in [0.2, 0.25) is 0 Å². The second kappa shape index (κ2) is 10.5. The Morgan fingerprint density at radius 3 is 1.95 bits per heavy atom. The first-order valence-corrected chi connectivity index (χ1v) is 12.3. The quantitative estimate of drug-likeness (QED) is 0.222. The number of likely N-dealkylation sites (N-methyl/N-ethyl adjacent to an activating group) is 1. The van der Waals surface area contributed by atoms with Crippen LogP contribution >= 0.6 is 0 Å². The predicted molar refractivity (Wildman–Crippen MR) is 143 cm³/mol. The number of rotatable bonds is 5. The third-order valence-electron chi connectivity index (χ3n) is 7.62. The molecular formula is C26H26N4O12. The number of nitro benzene ring substituents is 3. The van der Waals surface area contributed by atoms with Crippen molar-refractivity contribution in [1.29, 1.82) is 0 Å². The van der Waals surface area contributed by atoms with Crippen LogP contribution < -0.4 is 14.6 Å². The summed E-state index contributed by atoms with van der Waals surface area (Å²) < 4.78 is 11.6. The van der Waals surface area contributed by atoms with Crippen LogP contribution in [-0.2, 0) is 12.8 Å². The lowest BCUT2D eigenvalue weighted by atomic mass is 9.75. The molecule has 0 unspecified atom stereocenters. The second-order valence-corrected chi connectivity index (χ2v) is 10.2. The summed E-state index contributed by atoms with van der Waals surface area (Å²) in [7, 11) is 7.55. The van der Waals surface area contributed by atoms with Gasteiger partial charge in [0.15, 0.2) is 23.0 Å². The molecule has 0 fully saturated rings. The van der Waals surface area contributed by atoms with Crippen molar-refractivity contribution in [3.8, 4) is 45.6 Å². The van der Waals surface area contributed by atoms with E-state index in [0.717, 1.165) is 35.0 Å². The number of quaternary nitrogens is 1. The van der Waals surface area contributed by atoms with Crippen LogP contribution in [0.25, 0.3) is 11.1 Å². The molecule has 5 rings (SSSR count). The third-order valence-corrected chi connectivity index (χ3v) is 7.62. The van der Waals surface area contributed by atoms with E-state index in [9.17, 15) is 45.7 Å². The van der Waals surface area contributed by atoms with E-state index in [1.807, 2.05) is 12.1 Å². The smallest absolute Gasteiger partial charge is 0.324 e. The Labute approximate surface area is 237 Å². The zero-order valence-corrected chi connectivity index (χ0v) is 22.8. The minimum Gasteiger partial charge on any atom is -0.863 e. The van der Waals surface area contributed by atoms with Gasteiger partial charge >= 0.3 is 11.4 Å². The summed E-state index contributed by atoms with van der Waals surface area (Å²) in [4.78, 5) is 27.1. The zero-order chi connectivity index (χ0) is 31.3. The first-order valence-electron chi connectivity index (χ1n) is 12.3. The van der Waals surface area contributed by atoms with Crippen LogP contribution in [0.3, 0.4) is 0 Å². The molecule has 2 aliphatic rings. The molecule has 0 saturated carbocycles. The highest BCUT2D eigenvalue weighted by Crippen LogP contribution is 2.56. The number of nitrogens with zero attached hydrogens (tertiary/aromatic N) is 4. The SMILES string of the molecule is COc1ccc2c(c1O)-c1c(O)c(OC)cc3c1[C@H](C2)[N+](C)(C)CC3.O=[N+]([O-])c1cc([N+](=O)[O-])c(O)c([N+](=O)[O-])c1[O-]. The number of phenols is 3. The number of phenolic OH excluding ortho intramolecular Hbond substituents is 3. The van der Waals surface area contributed by atoms with Crippen molar-refractivity contribution in [2.75, 3.05) is 34.9 Å². The predicted octanol–water partition coefficient (Wildman–Crippen LogP) is 3.20. The molecule has 3 aromatic rings. The lowest BCUT2D eigenvalue weighted by Crippen LogP contribution is -2.49. The first-order chi connectivity index (χ1) is 19.7. The molecule has 0 saturated heterocycles. The van der Waals surface area contributed by atoms with Gasteiger partial charge in [0.05, 0.1) is 61.4 Å². The second-order valence-electron chi connectivity index (χ2n) is 10.2. The van der Waals surface area contributed by atoms with Gasteiger partial charge in [-0.05, 0) is 23.3 Å². The molecule has 1 aliphatic heterocycles. The molecular weight excluding hydrogens is 560 g/mol. The maximum atomic E-state index is 11.2. The molecule has 3 aromatic carbocycles. The number of ether oxygens (including phenoxy) is 2. The van der Waals surface area contributed by atoms with Gasteiger partial charge in [0.25, 0.3) is 11.4 Å². The van der Waals surface area contributed by atoms with Gasteiger partial charge in [0, 0.05) is 29.5 Å². The van der Waals surface area contributed by atoms with Gasteiger partial charge in [-0.25, -0.2) is 0 Å². The first kappa shape index (κ1) is 29.6. The van der Waals surface area contributed by atoms with Crippen molar-refractivity contribution in [3.63, 3.8) is 0 Å². The van der Waals surface area contributed by atoms with Crippen LogP contribution in [-0.4, -0.2) is 69.4 Å². The molecule has 0 spiro atoms. The monoisotopic (exact) mass is 586 g/mol. The van der Waals surface area contributed by atoms with Gasteiger partial charge in [-0.1, -0.05) is 6.07 Å². The number of hydrogen-bond donors (Lipinski definition) is 3. The van der Waals surface area contributed by atoms with Gasteiger partial charge < -0.3 is 34.4 Å². The molecule has 1 atom stereocenters. The van der Waals surface area contributed by atoms with E-state index < -0.39 is 43.3 Å². The summed E-state index contributed by atoms with van der Waals surface area (Å²) in [6, 6.07) is 6.15. The van der Waals surface area contributed by atoms with Crippen molar-refractivity contribution < 1.29 is 49.2 Å². The van der Waals surface area contributed by atoms with Crippen LogP contribution in [0.4, 0.5) is 17.1 Å². The van der Waals surface area contributed by atoms with E-state index in [-0.39, 0.29) is 23.6 Å². The highest BCUT2D eigenvalue weighted by atomic mass is 16.6. The molecule has 42 heavy (non-hydrogen) atoms. The van der Waals surface area contributed by atoms with Crippen molar-refractivity contribution in [1.82, 2.24) is 0 Å². The summed E-state index contributed by atoms with van der Waals surface area (Å²) in [5, 5.41) is 73.1. The van der Waals surface area contributed by atoms with Crippen molar-refractivity contribution in [2.45, 2.75) is 18.9 Å². The molecule has 0 bridgehead atoms. The molecule has 1 heterocycles. The fourth-order valence-electron chi connectivity index (χ4n) is 5.47. The highest BCUT2D eigenvalue weighted by Gasteiger charge is 2.44. The van der Waals surface area contributed by atoms with E-state index in [1.165, 1.54) is 12.7 Å². The Balaban J connectivity index is 0.000000209. The number of fused-ring (bicyclic) bond motifs is 2. The summed E-state index contributed by atoms with van der Waals surface area (Å²) in [5.41, 5.74) is 0.507. The number of benzene rings is 3. The lowest BCUT2D eigenvalue weighted by Gasteiger charge is -2.46. The minimum atomic E-state index is -1.69. The maximum Gasteiger partial charge on any atom is 0.324 e. The lowest BCUT2D eigenvalue weighted by molar-refractivity contribution is -0.923. The van der Waals surface area contributed by atoms with Crippen LogP contribution in [0.15, 0.2) is 24.3 Å². The molecule has 0 aromatic heterocycles. The van der Waals surface area contributed by atoms with Crippen molar-refractivity contribution in [3.05, 3.63) is 71.3 Å². The Bertz CT molecular complexity index is 1620. The summed E-state index contributed by atoms with van der Waals surface area (Å²) in [6.45, 7) is 1.03. The molecule has 1 aliphatic carbocycles. The van der Waals surface area contributed by atoms with E-state index in [0.29, 0.717) is 22.6 Å². The van der Waals surface area contributed by atoms with Gasteiger partial charge in [-0.2, -0.15) is 0 Å². The average molecular weight is 587 g/mol. The molecule has 0 radical (unpaired) electrons. The van der Waals surface area contributed by atoms with Crippen LogP contribution in [0.2, 0.25) is 0 Å². The molecule has 222 valence electrons. The van der Waals surface area contributed by atoms with Crippen LogP contribution in [0.1, 0.15) is 22.7 Å². The van der Waals surface area contributed by atoms with Crippen LogP contribution in [0.5, 0.6) is 34.5 Å². The highest BCUT2D eigenvalue weighted by molar-refractivity contribution is 5.87. The van der Waals surface area contributed by atoms with Crippen LogP contribution in [0, 0.1) is 30.3 Å². The third kappa shape index (κ3) is 4.66. The fourth-order valence-corrected chi connectivity index (χ4v) is 5.47. The molecule has 16 nitrogen and oxygen atoms in total. The van der Waals surface area contributed by atoms with E-state index in [1.54, 1.807) is 13.2 Å². The zero-order valence-electron chi connectivity index (χ0n) is 22.8. The Morgan fingerprint density at radius 1 is 0.810 bits per heavy atom. The summed E-state index contributed by atoms with van der Waals surface area (Å²) >= 11 is 0. The van der Waals surface area contributed by atoms with Crippen molar-refractivity contribution >= 4 is 17.1 Å². The fraction of sp³-hybridized carbons (Fsp3) is 0.308. The molecule has 3 N–H and O–H groups in total. The Hall–Kier alpha value is -5.38. The van der Waals surface area contributed by atoms with Crippen molar-refractivity contribution in [2.24, 2.45) is 0 Å². The van der Waals surface area contributed by atoms with Gasteiger partial charge in [0.1, 0.15) is 6.04 Å². The minimum absolute atomic E-state index is 0.0834.